The van der Waals surface area contributed by atoms with E-state index in [0.29, 0.717) is 26.1 Å². The second-order valence-corrected chi connectivity index (χ2v) is 7.07. The van der Waals surface area contributed by atoms with Gasteiger partial charge in [-0.15, -0.1) is 12.4 Å². The van der Waals surface area contributed by atoms with Crippen LogP contribution in [0.2, 0.25) is 0 Å². The van der Waals surface area contributed by atoms with E-state index in [0.717, 1.165) is 29.5 Å². The second kappa shape index (κ2) is 8.12. The molecule has 0 bridgehead atoms. The van der Waals surface area contributed by atoms with Gasteiger partial charge in [0.05, 0.1) is 12.3 Å². The fourth-order valence-electron chi connectivity index (χ4n) is 3.86. The third-order valence-electron chi connectivity index (χ3n) is 5.13. The molecule has 3 atom stereocenters. The lowest BCUT2D eigenvalue weighted by Crippen LogP contribution is -2.47. The summed E-state index contributed by atoms with van der Waals surface area (Å²) in [5.41, 5.74) is 8.21. The normalized spacial score (nSPS) is 24.6. The Morgan fingerprint density at radius 2 is 2.14 bits per heavy atom. The molecule has 7 nitrogen and oxygen atoms in total. The molecule has 0 radical (unpaired) electrons. The molecule has 2 aliphatic heterocycles. The van der Waals surface area contributed by atoms with E-state index < -0.39 is 29.7 Å². The Labute approximate surface area is 166 Å². The van der Waals surface area contributed by atoms with Gasteiger partial charge in [0.15, 0.2) is 0 Å². The number of halogens is 3. The van der Waals surface area contributed by atoms with Gasteiger partial charge in [-0.2, -0.15) is 5.10 Å². The van der Waals surface area contributed by atoms with Crippen LogP contribution in [0.15, 0.2) is 24.4 Å². The quantitative estimate of drug-likeness (QED) is 0.793. The van der Waals surface area contributed by atoms with Crippen LogP contribution in [0.4, 0.5) is 8.78 Å². The highest BCUT2D eigenvalue weighted by Crippen LogP contribution is 2.33. The number of carbonyl (C=O) groups is 1. The van der Waals surface area contributed by atoms with Crippen molar-refractivity contribution in [3.63, 3.8) is 0 Å². The Hall–Kier alpha value is -2.07. The van der Waals surface area contributed by atoms with Gasteiger partial charge in [0.1, 0.15) is 24.3 Å². The van der Waals surface area contributed by atoms with E-state index in [-0.39, 0.29) is 30.6 Å². The first kappa shape index (κ1) is 20.7. The topological polar surface area (TPSA) is 93.6 Å². The maximum atomic E-state index is 14.0. The van der Waals surface area contributed by atoms with Crippen molar-refractivity contribution in [1.82, 2.24) is 14.7 Å². The molecule has 0 unspecified atom stereocenters. The SMILES string of the molecule is Cl.N[C@H]1C[C@@H](N2Cc3cn(CC(=O)O)nc3C2)CO[C@@H]1c1cc(F)ccc1F. The minimum absolute atomic E-state index is 0. The van der Waals surface area contributed by atoms with Gasteiger partial charge in [-0.25, -0.2) is 8.78 Å². The standard InChI is InChI=1S/C18H20F2N4O3.ClH/c19-11-1-2-14(20)13(3-11)18-15(21)4-12(9-27-18)23-5-10-6-24(8-17(25)26)22-16(10)7-23;/h1-3,6,12,15,18H,4-5,7-9,21H2,(H,25,26);1H/t12-,15+,18-;/m1./s1. The number of carboxylic acids is 1. The molecule has 0 saturated carbocycles. The highest BCUT2D eigenvalue weighted by Gasteiger charge is 2.37. The minimum Gasteiger partial charge on any atom is -0.480 e. The van der Waals surface area contributed by atoms with E-state index in [1.807, 2.05) is 0 Å². The maximum absolute atomic E-state index is 14.0. The summed E-state index contributed by atoms with van der Waals surface area (Å²) in [4.78, 5) is 13.0. The van der Waals surface area contributed by atoms with Gasteiger partial charge < -0.3 is 15.6 Å². The molecule has 0 aliphatic carbocycles. The molecule has 28 heavy (non-hydrogen) atoms. The van der Waals surface area contributed by atoms with Crippen LogP contribution in [0.1, 0.15) is 29.3 Å². The zero-order valence-corrected chi connectivity index (χ0v) is 15.7. The summed E-state index contributed by atoms with van der Waals surface area (Å²) in [6, 6.07) is 2.87. The number of fused-ring (bicyclic) bond motifs is 1. The van der Waals surface area contributed by atoms with Gasteiger partial charge in [0.25, 0.3) is 0 Å². The summed E-state index contributed by atoms with van der Waals surface area (Å²) in [6.45, 7) is 1.41. The minimum atomic E-state index is -0.935. The van der Waals surface area contributed by atoms with Crippen molar-refractivity contribution in [1.29, 1.82) is 0 Å². The largest absolute Gasteiger partial charge is 0.480 e. The van der Waals surface area contributed by atoms with Crippen LogP contribution in [0.25, 0.3) is 0 Å². The van der Waals surface area contributed by atoms with E-state index in [1.54, 1.807) is 6.20 Å². The summed E-state index contributed by atoms with van der Waals surface area (Å²) in [5.74, 6) is -1.98. The van der Waals surface area contributed by atoms with E-state index in [2.05, 4.69) is 10.00 Å². The van der Waals surface area contributed by atoms with Crippen molar-refractivity contribution in [3.05, 3.63) is 52.9 Å². The van der Waals surface area contributed by atoms with Crippen molar-refractivity contribution >= 4 is 18.4 Å². The van der Waals surface area contributed by atoms with Gasteiger partial charge in [0.2, 0.25) is 0 Å². The number of hydrogen-bond acceptors (Lipinski definition) is 5. The molecular weight excluding hydrogens is 394 g/mol. The van der Waals surface area contributed by atoms with E-state index >= 15 is 0 Å². The molecule has 2 aromatic rings. The molecular formula is C18H21ClF2N4O3. The number of carboxylic acid groups (broad SMARTS) is 1. The molecule has 1 saturated heterocycles. The average Bonchev–Trinajstić information content (AvgIpc) is 3.15. The van der Waals surface area contributed by atoms with Crippen LogP contribution < -0.4 is 5.73 Å². The first-order valence-corrected chi connectivity index (χ1v) is 8.74. The molecule has 0 spiro atoms. The molecule has 3 heterocycles. The Bertz CT molecular complexity index is 855. The number of rotatable bonds is 4. The fraction of sp³-hybridized carbons (Fsp3) is 0.444. The van der Waals surface area contributed by atoms with Crippen molar-refractivity contribution < 1.29 is 23.4 Å². The number of aliphatic carboxylic acids is 1. The number of ether oxygens (including phenoxy) is 1. The smallest absolute Gasteiger partial charge is 0.325 e. The van der Waals surface area contributed by atoms with E-state index in [9.17, 15) is 13.6 Å². The summed E-state index contributed by atoms with van der Waals surface area (Å²) >= 11 is 0. The van der Waals surface area contributed by atoms with Gasteiger partial charge in [-0.05, 0) is 24.6 Å². The van der Waals surface area contributed by atoms with Gasteiger partial charge in [-0.3, -0.25) is 14.4 Å². The highest BCUT2D eigenvalue weighted by molar-refractivity contribution is 5.85. The Balaban J connectivity index is 0.00000225. The number of nitrogens with two attached hydrogens (primary N) is 1. The molecule has 4 rings (SSSR count). The molecule has 2 aliphatic rings. The Morgan fingerprint density at radius 1 is 1.36 bits per heavy atom. The molecule has 1 aromatic heterocycles. The number of aromatic nitrogens is 2. The number of benzene rings is 1. The van der Waals surface area contributed by atoms with Crippen LogP contribution in [0.5, 0.6) is 0 Å². The van der Waals surface area contributed by atoms with Crippen molar-refractivity contribution in [3.8, 4) is 0 Å². The van der Waals surface area contributed by atoms with Gasteiger partial charge in [-0.1, -0.05) is 0 Å². The predicted octanol–water partition coefficient (Wildman–Crippen LogP) is 1.84. The first-order chi connectivity index (χ1) is 12.9. The molecule has 152 valence electrons. The van der Waals surface area contributed by atoms with E-state index in [1.165, 1.54) is 4.68 Å². The van der Waals surface area contributed by atoms with E-state index in [4.69, 9.17) is 15.6 Å². The zero-order chi connectivity index (χ0) is 19.1. The molecule has 1 fully saturated rings. The first-order valence-electron chi connectivity index (χ1n) is 8.74. The Morgan fingerprint density at radius 3 is 2.82 bits per heavy atom. The van der Waals surface area contributed by atoms with Crippen LogP contribution in [-0.4, -0.2) is 44.4 Å². The van der Waals surface area contributed by atoms with Crippen LogP contribution in [0.3, 0.4) is 0 Å². The number of hydrogen-bond donors (Lipinski definition) is 2. The van der Waals surface area contributed by atoms with Crippen molar-refractivity contribution in [2.24, 2.45) is 5.73 Å². The van der Waals surface area contributed by atoms with Gasteiger partial charge >= 0.3 is 5.97 Å². The average molecular weight is 415 g/mol. The molecule has 1 aromatic carbocycles. The molecule has 3 N–H and O–H groups in total. The third-order valence-corrected chi connectivity index (χ3v) is 5.13. The third kappa shape index (κ3) is 4.02. The Kier molecular flexibility index (Phi) is 5.99. The zero-order valence-electron chi connectivity index (χ0n) is 14.9. The predicted molar refractivity (Wildman–Crippen MR) is 97.8 cm³/mol. The lowest BCUT2D eigenvalue weighted by Gasteiger charge is -2.38. The van der Waals surface area contributed by atoms with Crippen LogP contribution in [0, 0.1) is 11.6 Å². The summed E-state index contributed by atoms with van der Waals surface area (Å²) in [6.07, 6.45) is 1.65. The maximum Gasteiger partial charge on any atom is 0.325 e. The number of nitrogens with zero attached hydrogens (tertiary/aromatic N) is 3. The summed E-state index contributed by atoms with van der Waals surface area (Å²) in [7, 11) is 0. The lowest BCUT2D eigenvalue weighted by atomic mass is 9.93. The monoisotopic (exact) mass is 414 g/mol. The second-order valence-electron chi connectivity index (χ2n) is 7.07. The lowest BCUT2D eigenvalue weighted by molar-refractivity contribution is -0.137. The fourth-order valence-corrected chi connectivity index (χ4v) is 3.86. The highest BCUT2D eigenvalue weighted by atomic mass is 35.5. The summed E-state index contributed by atoms with van der Waals surface area (Å²) < 4.78 is 34.7. The molecule has 0 amide bonds. The van der Waals surface area contributed by atoms with Gasteiger partial charge in [0, 0.05) is 42.5 Å². The van der Waals surface area contributed by atoms with Crippen molar-refractivity contribution in [2.75, 3.05) is 6.61 Å². The summed E-state index contributed by atoms with van der Waals surface area (Å²) in [5, 5.41) is 13.2. The molecule has 10 heteroatoms. The van der Waals surface area contributed by atoms with Crippen molar-refractivity contribution in [2.45, 2.75) is 44.2 Å². The van der Waals surface area contributed by atoms with Crippen LogP contribution >= 0.6 is 12.4 Å². The van der Waals surface area contributed by atoms with Crippen LogP contribution in [-0.2, 0) is 29.2 Å².